The van der Waals surface area contributed by atoms with Crippen molar-refractivity contribution in [3.8, 4) is 0 Å². The SMILES string of the molecule is c1cc(CNCCCC2CCCC2)co1. The third-order valence-corrected chi connectivity index (χ3v) is 3.35. The molecule has 2 nitrogen and oxygen atoms in total. The Labute approximate surface area is 92.1 Å². The summed E-state index contributed by atoms with van der Waals surface area (Å²) in [4.78, 5) is 0. The molecule has 84 valence electrons. The van der Waals surface area contributed by atoms with Crippen LogP contribution < -0.4 is 5.32 Å². The van der Waals surface area contributed by atoms with E-state index in [1.54, 1.807) is 6.26 Å². The van der Waals surface area contributed by atoms with Crippen LogP contribution in [0.1, 0.15) is 44.1 Å². The minimum absolute atomic E-state index is 0.946. The Kier molecular flexibility index (Phi) is 4.27. The summed E-state index contributed by atoms with van der Waals surface area (Å²) < 4.78 is 5.01. The topological polar surface area (TPSA) is 25.2 Å². The normalized spacial score (nSPS) is 17.3. The van der Waals surface area contributed by atoms with Crippen molar-refractivity contribution >= 4 is 0 Å². The van der Waals surface area contributed by atoms with Crippen molar-refractivity contribution in [2.75, 3.05) is 6.54 Å². The van der Waals surface area contributed by atoms with Crippen LogP contribution in [0.15, 0.2) is 23.0 Å². The van der Waals surface area contributed by atoms with Crippen LogP contribution in [0.3, 0.4) is 0 Å². The summed E-state index contributed by atoms with van der Waals surface area (Å²) in [6.07, 6.45) is 12.2. The van der Waals surface area contributed by atoms with E-state index in [2.05, 4.69) is 5.32 Å². The highest BCUT2D eigenvalue weighted by atomic mass is 16.3. The summed E-state index contributed by atoms with van der Waals surface area (Å²) in [5, 5.41) is 3.45. The summed E-state index contributed by atoms with van der Waals surface area (Å²) in [7, 11) is 0. The fourth-order valence-corrected chi connectivity index (χ4v) is 2.44. The molecule has 0 spiro atoms. The van der Waals surface area contributed by atoms with Gasteiger partial charge in [0.05, 0.1) is 12.5 Å². The van der Waals surface area contributed by atoms with E-state index >= 15 is 0 Å². The molecule has 2 rings (SSSR count). The van der Waals surface area contributed by atoms with E-state index < -0.39 is 0 Å². The number of hydrogen-bond acceptors (Lipinski definition) is 2. The molecule has 1 aromatic heterocycles. The number of hydrogen-bond donors (Lipinski definition) is 1. The van der Waals surface area contributed by atoms with E-state index in [9.17, 15) is 0 Å². The van der Waals surface area contributed by atoms with Gasteiger partial charge in [0.2, 0.25) is 0 Å². The van der Waals surface area contributed by atoms with Gasteiger partial charge in [-0.05, 0) is 31.4 Å². The van der Waals surface area contributed by atoms with Gasteiger partial charge in [-0.3, -0.25) is 0 Å². The van der Waals surface area contributed by atoms with Gasteiger partial charge in [-0.15, -0.1) is 0 Å². The molecule has 0 atom stereocenters. The molecule has 1 saturated carbocycles. The minimum atomic E-state index is 0.946. The maximum atomic E-state index is 5.01. The van der Waals surface area contributed by atoms with E-state index in [4.69, 9.17) is 4.42 Å². The molecule has 1 heterocycles. The van der Waals surface area contributed by atoms with Gasteiger partial charge in [-0.2, -0.15) is 0 Å². The Hall–Kier alpha value is -0.760. The Balaban J connectivity index is 1.48. The molecule has 0 saturated heterocycles. The standard InChI is InChI=1S/C13H21NO/c1-2-5-12(4-1)6-3-8-14-10-13-7-9-15-11-13/h7,9,11-12,14H,1-6,8,10H2. The molecule has 1 aromatic rings. The third kappa shape index (κ3) is 3.71. The van der Waals surface area contributed by atoms with E-state index in [0.717, 1.165) is 19.0 Å². The first-order valence-corrected chi connectivity index (χ1v) is 6.17. The lowest BCUT2D eigenvalue weighted by Crippen LogP contribution is -2.14. The van der Waals surface area contributed by atoms with Gasteiger partial charge in [0.25, 0.3) is 0 Å². The molecule has 0 unspecified atom stereocenters. The van der Waals surface area contributed by atoms with Gasteiger partial charge in [-0.25, -0.2) is 0 Å². The molecule has 1 fully saturated rings. The van der Waals surface area contributed by atoms with E-state index in [0.29, 0.717) is 0 Å². The van der Waals surface area contributed by atoms with Crippen molar-refractivity contribution in [1.82, 2.24) is 5.32 Å². The average molecular weight is 207 g/mol. The maximum absolute atomic E-state index is 5.01. The van der Waals surface area contributed by atoms with Crippen molar-refractivity contribution in [2.45, 2.75) is 45.1 Å². The van der Waals surface area contributed by atoms with Crippen LogP contribution in [-0.4, -0.2) is 6.54 Å². The lowest BCUT2D eigenvalue weighted by Gasteiger charge is -2.08. The molecular weight excluding hydrogens is 186 g/mol. The first kappa shape index (κ1) is 10.7. The molecule has 0 radical (unpaired) electrons. The van der Waals surface area contributed by atoms with Gasteiger partial charge in [-0.1, -0.05) is 25.7 Å². The zero-order chi connectivity index (χ0) is 10.3. The quantitative estimate of drug-likeness (QED) is 0.724. The summed E-state index contributed by atoms with van der Waals surface area (Å²) in [6, 6.07) is 2.02. The predicted molar refractivity (Wildman–Crippen MR) is 61.6 cm³/mol. The van der Waals surface area contributed by atoms with Crippen molar-refractivity contribution in [1.29, 1.82) is 0 Å². The highest BCUT2D eigenvalue weighted by Crippen LogP contribution is 2.28. The van der Waals surface area contributed by atoms with Crippen LogP contribution in [0.5, 0.6) is 0 Å². The fourth-order valence-electron chi connectivity index (χ4n) is 2.44. The molecule has 1 aliphatic rings. The monoisotopic (exact) mass is 207 g/mol. The Morgan fingerprint density at radius 3 is 2.93 bits per heavy atom. The molecule has 1 N–H and O–H groups in total. The highest BCUT2D eigenvalue weighted by Gasteiger charge is 2.13. The second-order valence-electron chi connectivity index (χ2n) is 4.60. The molecule has 0 aliphatic heterocycles. The van der Waals surface area contributed by atoms with Crippen molar-refractivity contribution in [2.24, 2.45) is 5.92 Å². The largest absolute Gasteiger partial charge is 0.472 e. The zero-order valence-electron chi connectivity index (χ0n) is 9.37. The Morgan fingerprint density at radius 1 is 1.33 bits per heavy atom. The van der Waals surface area contributed by atoms with Gasteiger partial charge in [0, 0.05) is 12.1 Å². The summed E-state index contributed by atoms with van der Waals surface area (Å²) in [5.74, 6) is 1.03. The molecule has 0 amide bonds. The van der Waals surface area contributed by atoms with E-state index in [1.807, 2.05) is 12.3 Å². The maximum Gasteiger partial charge on any atom is 0.0947 e. The van der Waals surface area contributed by atoms with Crippen molar-refractivity contribution < 1.29 is 4.42 Å². The fraction of sp³-hybridized carbons (Fsp3) is 0.692. The van der Waals surface area contributed by atoms with Crippen LogP contribution in [-0.2, 0) is 6.54 Å². The second kappa shape index (κ2) is 5.96. The molecule has 15 heavy (non-hydrogen) atoms. The van der Waals surface area contributed by atoms with Gasteiger partial charge in [0.15, 0.2) is 0 Å². The molecule has 1 aliphatic carbocycles. The van der Waals surface area contributed by atoms with Crippen LogP contribution >= 0.6 is 0 Å². The second-order valence-corrected chi connectivity index (χ2v) is 4.60. The van der Waals surface area contributed by atoms with Crippen molar-refractivity contribution in [3.05, 3.63) is 24.2 Å². The molecular formula is C13H21NO. The first-order chi connectivity index (χ1) is 7.45. The minimum Gasteiger partial charge on any atom is -0.472 e. The van der Waals surface area contributed by atoms with Crippen LogP contribution in [0, 0.1) is 5.92 Å². The average Bonchev–Trinajstić information content (AvgIpc) is 2.88. The van der Waals surface area contributed by atoms with Gasteiger partial charge >= 0.3 is 0 Å². The van der Waals surface area contributed by atoms with Gasteiger partial charge in [0.1, 0.15) is 0 Å². The van der Waals surface area contributed by atoms with Crippen LogP contribution in [0.25, 0.3) is 0 Å². The highest BCUT2D eigenvalue weighted by molar-refractivity contribution is 5.04. The third-order valence-electron chi connectivity index (χ3n) is 3.35. The van der Waals surface area contributed by atoms with Crippen molar-refractivity contribution in [3.63, 3.8) is 0 Å². The van der Waals surface area contributed by atoms with Gasteiger partial charge < -0.3 is 9.73 Å². The Morgan fingerprint density at radius 2 is 2.20 bits per heavy atom. The lowest BCUT2D eigenvalue weighted by atomic mass is 10.0. The lowest BCUT2D eigenvalue weighted by molar-refractivity contribution is 0.470. The number of rotatable bonds is 6. The Bertz CT molecular complexity index is 250. The summed E-state index contributed by atoms with van der Waals surface area (Å²) in [6.45, 7) is 2.09. The van der Waals surface area contributed by atoms with Crippen LogP contribution in [0.2, 0.25) is 0 Å². The summed E-state index contributed by atoms with van der Waals surface area (Å²) >= 11 is 0. The molecule has 0 bridgehead atoms. The van der Waals surface area contributed by atoms with E-state index in [1.165, 1.54) is 44.1 Å². The van der Waals surface area contributed by atoms with Crippen LogP contribution in [0.4, 0.5) is 0 Å². The zero-order valence-corrected chi connectivity index (χ0v) is 9.37. The molecule has 2 heteroatoms. The number of nitrogens with one attached hydrogen (secondary N) is 1. The first-order valence-electron chi connectivity index (χ1n) is 6.17. The molecule has 0 aromatic carbocycles. The smallest absolute Gasteiger partial charge is 0.0947 e. The summed E-state index contributed by atoms with van der Waals surface area (Å²) in [5.41, 5.74) is 1.25. The van der Waals surface area contributed by atoms with E-state index in [-0.39, 0.29) is 0 Å². The predicted octanol–water partition coefficient (Wildman–Crippen LogP) is 3.34. The number of furan rings is 1.